The molecule has 1 aliphatic rings. The normalized spacial score (nSPS) is 17.0. The van der Waals surface area contributed by atoms with Gasteiger partial charge in [0.15, 0.2) is 5.01 Å². The van der Waals surface area contributed by atoms with Crippen molar-refractivity contribution in [2.45, 2.75) is 18.8 Å². The van der Waals surface area contributed by atoms with Crippen molar-refractivity contribution >= 4 is 17.2 Å². The van der Waals surface area contributed by atoms with Crippen LogP contribution in [-0.4, -0.2) is 51.0 Å². The highest BCUT2D eigenvalue weighted by Gasteiger charge is 2.30. The minimum absolute atomic E-state index is 0.0818. The van der Waals surface area contributed by atoms with Gasteiger partial charge in [-0.25, -0.2) is 4.39 Å². The number of amides is 1. The van der Waals surface area contributed by atoms with Crippen molar-refractivity contribution in [1.29, 1.82) is 0 Å². The van der Waals surface area contributed by atoms with Crippen molar-refractivity contribution in [3.8, 4) is 16.5 Å². The minimum atomic E-state index is -0.311. The number of ether oxygens (including phenoxy) is 1. The van der Waals surface area contributed by atoms with E-state index in [1.807, 2.05) is 0 Å². The van der Waals surface area contributed by atoms with Gasteiger partial charge in [0.25, 0.3) is 5.91 Å². The maximum Gasteiger partial charge on any atom is 0.260 e. The number of nitrogens with zero attached hydrogens (tertiary/aromatic N) is 5. The second kappa shape index (κ2) is 7.67. The van der Waals surface area contributed by atoms with E-state index in [1.165, 1.54) is 24.5 Å². The van der Waals surface area contributed by atoms with Crippen molar-refractivity contribution in [2.24, 2.45) is 7.05 Å². The average molecular weight is 401 g/mol. The van der Waals surface area contributed by atoms with Gasteiger partial charge >= 0.3 is 0 Å². The Balaban J connectivity index is 1.53. The Hall–Kier alpha value is -2.81. The average Bonchev–Trinajstić information content (AvgIpc) is 3.34. The van der Waals surface area contributed by atoms with Crippen molar-refractivity contribution in [3.05, 3.63) is 46.9 Å². The van der Waals surface area contributed by atoms with E-state index in [-0.39, 0.29) is 17.6 Å². The van der Waals surface area contributed by atoms with Gasteiger partial charge in [-0.05, 0) is 25.0 Å². The van der Waals surface area contributed by atoms with Gasteiger partial charge in [0, 0.05) is 37.8 Å². The van der Waals surface area contributed by atoms with Gasteiger partial charge in [-0.15, -0.1) is 15.3 Å². The molecule has 0 aliphatic carbocycles. The van der Waals surface area contributed by atoms with E-state index in [4.69, 9.17) is 4.74 Å². The van der Waals surface area contributed by atoms with E-state index in [2.05, 4.69) is 15.3 Å². The number of carbonyl (C=O) groups excluding carboxylic acids is 1. The summed E-state index contributed by atoms with van der Waals surface area (Å²) in [7, 11) is 3.26. The molecule has 0 N–H and O–H groups in total. The quantitative estimate of drug-likeness (QED) is 0.672. The highest BCUT2D eigenvalue weighted by Crippen LogP contribution is 2.34. The van der Waals surface area contributed by atoms with Crippen LogP contribution in [0, 0.1) is 5.82 Å². The fourth-order valence-electron chi connectivity index (χ4n) is 3.44. The third-order valence-electron chi connectivity index (χ3n) is 4.82. The Morgan fingerprint density at radius 2 is 2.14 bits per heavy atom. The predicted octanol–water partition coefficient (Wildman–Crippen LogP) is 3.11. The molecule has 0 spiro atoms. The van der Waals surface area contributed by atoms with Crippen molar-refractivity contribution in [1.82, 2.24) is 24.9 Å². The maximum atomic E-state index is 14.0. The highest BCUT2D eigenvalue weighted by molar-refractivity contribution is 7.14. The first-order valence-corrected chi connectivity index (χ1v) is 9.83. The summed E-state index contributed by atoms with van der Waals surface area (Å²) in [4.78, 5) is 14.8. The molecule has 28 heavy (non-hydrogen) atoms. The van der Waals surface area contributed by atoms with Crippen LogP contribution < -0.4 is 4.74 Å². The summed E-state index contributed by atoms with van der Waals surface area (Å²) in [5, 5.41) is 14.0. The third-order valence-corrected chi connectivity index (χ3v) is 5.94. The zero-order valence-electron chi connectivity index (χ0n) is 15.6. The molecule has 0 radical (unpaired) electrons. The van der Waals surface area contributed by atoms with Gasteiger partial charge in [-0.2, -0.15) is 0 Å². The van der Waals surface area contributed by atoms with E-state index in [9.17, 15) is 9.18 Å². The molecule has 4 rings (SSSR count). The molecular formula is C19H20FN5O2S. The van der Waals surface area contributed by atoms with E-state index in [0.29, 0.717) is 35.1 Å². The Morgan fingerprint density at radius 1 is 1.32 bits per heavy atom. The molecule has 2 aromatic heterocycles. The fraction of sp³-hybridized carbons (Fsp3) is 0.368. The molecule has 3 heterocycles. The lowest BCUT2D eigenvalue weighted by Crippen LogP contribution is -2.39. The zero-order valence-corrected chi connectivity index (χ0v) is 16.4. The minimum Gasteiger partial charge on any atom is -0.479 e. The zero-order chi connectivity index (χ0) is 19.7. The summed E-state index contributed by atoms with van der Waals surface area (Å²) in [5.41, 5.74) is 0.907. The Morgan fingerprint density at radius 3 is 2.93 bits per heavy atom. The second-order valence-electron chi connectivity index (χ2n) is 6.74. The number of rotatable bonds is 4. The number of hydrogen-bond donors (Lipinski definition) is 0. The fourth-order valence-corrected chi connectivity index (χ4v) is 4.44. The Labute approximate surface area is 165 Å². The first kappa shape index (κ1) is 18.5. The number of benzene rings is 1. The molecule has 7 nitrogen and oxygen atoms in total. The van der Waals surface area contributed by atoms with Crippen LogP contribution in [0.2, 0.25) is 0 Å². The SMILES string of the molecule is COc1nn(C)cc1C(=O)N1CCC[C@H](c2nnc(-c3ccccc3F)s2)C1. The third kappa shape index (κ3) is 3.49. The molecule has 3 aromatic rings. The highest BCUT2D eigenvalue weighted by atomic mass is 32.1. The monoisotopic (exact) mass is 401 g/mol. The van der Waals surface area contributed by atoms with E-state index in [1.54, 1.807) is 41.0 Å². The molecule has 0 unspecified atom stereocenters. The molecule has 0 bridgehead atoms. The van der Waals surface area contributed by atoms with Crippen molar-refractivity contribution in [3.63, 3.8) is 0 Å². The maximum absolute atomic E-state index is 14.0. The van der Waals surface area contributed by atoms with Crippen LogP contribution in [-0.2, 0) is 7.05 Å². The Kier molecular flexibility index (Phi) is 5.08. The van der Waals surface area contributed by atoms with Gasteiger partial charge in [0.2, 0.25) is 5.88 Å². The number of likely N-dealkylation sites (tertiary alicyclic amines) is 1. The smallest absolute Gasteiger partial charge is 0.260 e. The number of hydrogen-bond acceptors (Lipinski definition) is 6. The van der Waals surface area contributed by atoms with Crippen LogP contribution in [0.1, 0.15) is 34.1 Å². The first-order valence-electron chi connectivity index (χ1n) is 9.02. The molecule has 146 valence electrons. The standard InChI is InChI=1S/C19H20FN5O2S/c1-24-11-14(16(23-24)27-2)19(26)25-9-5-6-12(10-25)17-21-22-18(28-17)13-7-3-4-8-15(13)20/h3-4,7-8,11-12H,5-6,9-10H2,1-2H3/t12-/m0/s1. The van der Waals surface area contributed by atoms with Crippen molar-refractivity contribution in [2.75, 3.05) is 20.2 Å². The van der Waals surface area contributed by atoms with Gasteiger partial charge in [-0.3, -0.25) is 9.48 Å². The lowest BCUT2D eigenvalue weighted by Gasteiger charge is -2.31. The molecule has 1 saturated heterocycles. The van der Waals surface area contributed by atoms with Gasteiger partial charge in [-0.1, -0.05) is 23.5 Å². The lowest BCUT2D eigenvalue weighted by atomic mass is 9.98. The van der Waals surface area contributed by atoms with E-state index in [0.717, 1.165) is 17.8 Å². The first-order chi connectivity index (χ1) is 13.6. The van der Waals surface area contributed by atoms with Gasteiger partial charge < -0.3 is 9.64 Å². The summed E-state index contributed by atoms with van der Waals surface area (Å²) in [6.07, 6.45) is 3.46. The summed E-state index contributed by atoms with van der Waals surface area (Å²) < 4.78 is 20.8. The lowest BCUT2D eigenvalue weighted by molar-refractivity contribution is 0.0703. The number of aromatic nitrogens is 4. The number of carbonyl (C=O) groups is 1. The number of piperidine rings is 1. The van der Waals surface area contributed by atoms with Crippen LogP contribution in [0.5, 0.6) is 5.88 Å². The summed E-state index contributed by atoms with van der Waals surface area (Å²) >= 11 is 1.39. The Bertz CT molecular complexity index is 1000. The molecule has 1 fully saturated rings. The van der Waals surface area contributed by atoms with Gasteiger partial charge in [0.05, 0.1) is 7.11 Å². The largest absolute Gasteiger partial charge is 0.479 e. The van der Waals surface area contributed by atoms with Crippen LogP contribution in [0.25, 0.3) is 10.6 Å². The molecule has 1 amide bonds. The predicted molar refractivity (Wildman–Crippen MR) is 103 cm³/mol. The number of aryl methyl sites for hydroxylation is 1. The summed E-state index contributed by atoms with van der Waals surface area (Å²) in [5.74, 6) is -0.00594. The molecule has 1 atom stereocenters. The van der Waals surface area contributed by atoms with Crippen LogP contribution >= 0.6 is 11.3 Å². The van der Waals surface area contributed by atoms with Gasteiger partial charge in [0.1, 0.15) is 16.4 Å². The molecule has 0 saturated carbocycles. The topological polar surface area (TPSA) is 73.1 Å². The number of methoxy groups -OCH3 is 1. The van der Waals surface area contributed by atoms with Crippen molar-refractivity contribution < 1.29 is 13.9 Å². The summed E-state index contributed by atoms with van der Waals surface area (Å²) in [6, 6.07) is 6.55. The molecule has 9 heteroatoms. The van der Waals surface area contributed by atoms with Crippen LogP contribution in [0.3, 0.4) is 0 Å². The molecular weight excluding hydrogens is 381 g/mol. The second-order valence-corrected chi connectivity index (χ2v) is 7.75. The number of halogens is 1. The summed E-state index contributed by atoms with van der Waals surface area (Å²) in [6.45, 7) is 1.22. The van der Waals surface area contributed by atoms with Crippen LogP contribution in [0.4, 0.5) is 4.39 Å². The van der Waals surface area contributed by atoms with E-state index < -0.39 is 0 Å². The molecule has 1 aliphatic heterocycles. The van der Waals surface area contributed by atoms with Crippen LogP contribution in [0.15, 0.2) is 30.5 Å². The molecule has 1 aromatic carbocycles. The van der Waals surface area contributed by atoms with E-state index >= 15 is 0 Å².